The number of fused-ring (bicyclic) bond motifs is 1. The molecule has 5 rings (SSSR count). The standard InChI is InChI=1S/C32H42N2O/c1-23-11-15-26(16-12-23)30(20-28(35)19-24-13-17-27(33)18-14-24)31-22-34(21-25-7-3-2-4-8-25)32-10-6-5-9-29(31)32/h5-6,9-12,15-16,22,24-25,27,30H,2-4,7-8,13-14,17-21,33H2,1H3. The van der Waals surface area contributed by atoms with Gasteiger partial charge in [-0.3, -0.25) is 4.79 Å². The zero-order valence-corrected chi connectivity index (χ0v) is 21.4. The Bertz CT molecular complexity index is 1110. The maximum absolute atomic E-state index is 13.4. The first-order valence-electron chi connectivity index (χ1n) is 14.0. The summed E-state index contributed by atoms with van der Waals surface area (Å²) in [5.41, 5.74) is 11.3. The van der Waals surface area contributed by atoms with Crippen molar-refractivity contribution in [3.05, 3.63) is 71.4 Å². The summed E-state index contributed by atoms with van der Waals surface area (Å²) < 4.78 is 2.49. The van der Waals surface area contributed by atoms with Crippen molar-refractivity contribution in [1.82, 2.24) is 4.57 Å². The second-order valence-electron chi connectivity index (χ2n) is 11.4. The van der Waals surface area contributed by atoms with E-state index in [1.54, 1.807) is 0 Å². The van der Waals surface area contributed by atoms with E-state index in [1.165, 1.54) is 59.7 Å². The van der Waals surface area contributed by atoms with Gasteiger partial charge in [0.2, 0.25) is 0 Å². The van der Waals surface area contributed by atoms with Gasteiger partial charge in [0.15, 0.2) is 0 Å². The maximum Gasteiger partial charge on any atom is 0.134 e. The predicted molar refractivity (Wildman–Crippen MR) is 146 cm³/mol. The number of carbonyl (C=O) groups excluding carboxylic acids is 1. The van der Waals surface area contributed by atoms with Crippen LogP contribution in [0.15, 0.2) is 54.7 Å². The van der Waals surface area contributed by atoms with Gasteiger partial charge < -0.3 is 10.3 Å². The summed E-state index contributed by atoms with van der Waals surface area (Å²) in [6.45, 7) is 3.23. The average molecular weight is 471 g/mol. The van der Waals surface area contributed by atoms with Gasteiger partial charge in [-0.1, -0.05) is 67.3 Å². The van der Waals surface area contributed by atoms with Crippen molar-refractivity contribution in [3.63, 3.8) is 0 Å². The summed E-state index contributed by atoms with van der Waals surface area (Å²) >= 11 is 0. The first kappa shape index (κ1) is 24.3. The van der Waals surface area contributed by atoms with Gasteiger partial charge in [0, 0.05) is 48.4 Å². The smallest absolute Gasteiger partial charge is 0.134 e. The van der Waals surface area contributed by atoms with Crippen molar-refractivity contribution < 1.29 is 4.79 Å². The Kier molecular flexibility index (Phi) is 7.72. The quantitative estimate of drug-likeness (QED) is 0.370. The predicted octanol–water partition coefficient (Wildman–Crippen LogP) is 7.53. The molecule has 1 aromatic heterocycles. The molecular weight excluding hydrogens is 428 g/mol. The maximum atomic E-state index is 13.4. The molecule has 1 heterocycles. The number of hydrogen-bond acceptors (Lipinski definition) is 2. The van der Waals surface area contributed by atoms with Crippen LogP contribution in [0.1, 0.15) is 93.2 Å². The summed E-state index contributed by atoms with van der Waals surface area (Å²) in [5.74, 6) is 1.78. The molecule has 0 saturated heterocycles. The van der Waals surface area contributed by atoms with E-state index in [0.29, 0.717) is 30.6 Å². The highest BCUT2D eigenvalue weighted by atomic mass is 16.1. The lowest BCUT2D eigenvalue weighted by Gasteiger charge is -2.26. The summed E-state index contributed by atoms with van der Waals surface area (Å²) in [5, 5.41) is 1.31. The molecule has 2 aliphatic rings. The molecule has 2 saturated carbocycles. The van der Waals surface area contributed by atoms with Crippen molar-refractivity contribution >= 4 is 16.7 Å². The first-order chi connectivity index (χ1) is 17.1. The summed E-state index contributed by atoms with van der Waals surface area (Å²) in [7, 11) is 0. The summed E-state index contributed by atoms with van der Waals surface area (Å²) in [6.07, 6.45) is 14.8. The molecule has 0 aliphatic heterocycles. The number of Topliss-reactive ketones (excluding diaryl/α,β-unsaturated/α-hetero) is 1. The van der Waals surface area contributed by atoms with Gasteiger partial charge in [-0.25, -0.2) is 0 Å². The van der Waals surface area contributed by atoms with Crippen LogP contribution in [-0.4, -0.2) is 16.4 Å². The highest BCUT2D eigenvalue weighted by molar-refractivity contribution is 5.87. The van der Waals surface area contributed by atoms with Gasteiger partial charge in [0.05, 0.1) is 0 Å². The van der Waals surface area contributed by atoms with E-state index < -0.39 is 0 Å². The minimum absolute atomic E-state index is 0.103. The first-order valence-corrected chi connectivity index (χ1v) is 14.0. The topological polar surface area (TPSA) is 48.0 Å². The summed E-state index contributed by atoms with van der Waals surface area (Å²) in [4.78, 5) is 13.4. The van der Waals surface area contributed by atoms with Gasteiger partial charge in [-0.05, 0) is 74.5 Å². The molecule has 1 atom stereocenters. The van der Waals surface area contributed by atoms with E-state index in [0.717, 1.165) is 38.1 Å². The Morgan fingerprint density at radius 3 is 2.37 bits per heavy atom. The molecule has 2 aromatic carbocycles. The minimum Gasteiger partial charge on any atom is -0.347 e. The molecule has 35 heavy (non-hydrogen) atoms. The van der Waals surface area contributed by atoms with Gasteiger partial charge >= 0.3 is 0 Å². The van der Waals surface area contributed by atoms with Gasteiger partial charge in [0.25, 0.3) is 0 Å². The Hall–Kier alpha value is -2.39. The number of aryl methyl sites for hydroxylation is 1. The van der Waals surface area contributed by atoms with Crippen LogP contribution in [0.25, 0.3) is 10.9 Å². The van der Waals surface area contributed by atoms with Crippen LogP contribution in [0.3, 0.4) is 0 Å². The molecule has 0 spiro atoms. The monoisotopic (exact) mass is 470 g/mol. The lowest BCUT2D eigenvalue weighted by Crippen LogP contribution is -2.27. The van der Waals surface area contributed by atoms with Crippen molar-refractivity contribution in [2.24, 2.45) is 17.6 Å². The largest absolute Gasteiger partial charge is 0.347 e. The highest BCUT2D eigenvalue weighted by Gasteiger charge is 2.26. The number of rotatable bonds is 8. The van der Waals surface area contributed by atoms with E-state index in [9.17, 15) is 4.79 Å². The molecule has 186 valence electrons. The molecule has 1 unspecified atom stereocenters. The third kappa shape index (κ3) is 5.89. The van der Waals surface area contributed by atoms with Crippen LogP contribution in [0.4, 0.5) is 0 Å². The van der Waals surface area contributed by atoms with Gasteiger partial charge in [-0.15, -0.1) is 0 Å². The molecule has 0 bridgehead atoms. The van der Waals surface area contributed by atoms with Crippen LogP contribution in [-0.2, 0) is 11.3 Å². The fourth-order valence-electron chi connectivity index (χ4n) is 6.58. The second kappa shape index (κ2) is 11.1. The Morgan fingerprint density at radius 2 is 1.63 bits per heavy atom. The number of carbonyl (C=O) groups is 1. The van der Waals surface area contributed by atoms with Crippen LogP contribution >= 0.6 is 0 Å². The average Bonchev–Trinajstić information content (AvgIpc) is 3.23. The fourth-order valence-corrected chi connectivity index (χ4v) is 6.58. The number of nitrogens with zero attached hydrogens (tertiary/aromatic N) is 1. The molecule has 0 radical (unpaired) electrons. The molecule has 2 fully saturated rings. The zero-order chi connectivity index (χ0) is 24.2. The van der Waals surface area contributed by atoms with Crippen molar-refractivity contribution in [2.75, 3.05) is 0 Å². The summed E-state index contributed by atoms with van der Waals surface area (Å²) in [6, 6.07) is 18.0. The Morgan fingerprint density at radius 1 is 0.914 bits per heavy atom. The lowest BCUT2D eigenvalue weighted by atomic mass is 9.80. The molecule has 3 heteroatoms. The van der Waals surface area contributed by atoms with Crippen LogP contribution < -0.4 is 5.73 Å². The van der Waals surface area contributed by atoms with Gasteiger partial charge in [-0.2, -0.15) is 0 Å². The SMILES string of the molecule is Cc1ccc(C(CC(=O)CC2CCC(N)CC2)c2cn(CC3CCCCC3)c3ccccc23)cc1. The van der Waals surface area contributed by atoms with Gasteiger partial charge in [0.1, 0.15) is 5.78 Å². The van der Waals surface area contributed by atoms with E-state index in [1.807, 2.05) is 0 Å². The molecule has 0 amide bonds. The molecule has 3 nitrogen and oxygen atoms in total. The molecular formula is C32H42N2O. The third-order valence-electron chi connectivity index (χ3n) is 8.69. The number of ketones is 1. The second-order valence-corrected chi connectivity index (χ2v) is 11.4. The normalized spacial score (nSPS) is 22.3. The lowest BCUT2D eigenvalue weighted by molar-refractivity contribution is -0.120. The Balaban J connectivity index is 1.44. The molecule has 2 N–H and O–H groups in total. The van der Waals surface area contributed by atoms with E-state index in [2.05, 4.69) is 66.2 Å². The van der Waals surface area contributed by atoms with Crippen molar-refractivity contribution in [2.45, 2.75) is 96.1 Å². The third-order valence-corrected chi connectivity index (χ3v) is 8.69. The van der Waals surface area contributed by atoms with E-state index in [4.69, 9.17) is 5.73 Å². The number of hydrogen-bond donors (Lipinski definition) is 1. The Labute approximate surface area is 211 Å². The molecule has 3 aromatic rings. The van der Waals surface area contributed by atoms with Crippen LogP contribution in [0.5, 0.6) is 0 Å². The van der Waals surface area contributed by atoms with Crippen LogP contribution in [0, 0.1) is 18.8 Å². The fraction of sp³-hybridized carbons (Fsp3) is 0.531. The van der Waals surface area contributed by atoms with Crippen LogP contribution in [0.2, 0.25) is 0 Å². The number of para-hydroxylation sites is 1. The van der Waals surface area contributed by atoms with E-state index >= 15 is 0 Å². The zero-order valence-electron chi connectivity index (χ0n) is 21.4. The van der Waals surface area contributed by atoms with E-state index in [-0.39, 0.29) is 5.92 Å². The number of benzene rings is 2. The van der Waals surface area contributed by atoms with Crippen molar-refractivity contribution in [3.8, 4) is 0 Å². The van der Waals surface area contributed by atoms with Crippen molar-refractivity contribution in [1.29, 1.82) is 0 Å². The number of nitrogens with two attached hydrogens (primary N) is 1. The minimum atomic E-state index is 0.103. The highest BCUT2D eigenvalue weighted by Crippen LogP contribution is 2.37. The number of aromatic nitrogens is 1. The molecule has 2 aliphatic carbocycles.